The lowest BCUT2D eigenvalue weighted by atomic mass is 10.0. The molecule has 1 aromatic rings. The van der Waals surface area contributed by atoms with E-state index in [0.29, 0.717) is 24.7 Å². The second-order valence-corrected chi connectivity index (χ2v) is 8.82. The van der Waals surface area contributed by atoms with Crippen molar-refractivity contribution in [2.24, 2.45) is 5.92 Å². The first-order valence-corrected chi connectivity index (χ1v) is 11.3. The molecule has 2 fully saturated rings. The van der Waals surface area contributed by atoms with Gasteiger partial charge in [-0.15, -0.1) is 0 Å². The Morgan fingerprint density at radius 1 is 1.25 bits per heavy atom. The molecule has 7 nitrogen and oxygen atoms in total. The maximum Gasteiger partial charge on any atom is 0.258 e. The minimum atomic E-state index is -0.471. The second-order valence-electron chi connectivity index (χ2n) is 8.82. The molecule has 0 aromatic heterocycles. The summed E-state index contributed by atoms with van der Waals surface area (Å²) < 4.78 is 14.4. The van der Waals surface area contributed by atoms with Gasteiger partial charge in [0.1, 0.15) is 5.82 Å². The molecule has 8 heteroatoms. The van der Waals surface area contributed by atoms with Gasteiger partial charge in [0.2, 0.25) is 5.91 Å². The van der Waals surface area contributed by atoms with E-state index in [1.54, 1.807) is 7.05 Å². The molecule has 174 valence electrons. The van der Waals surface area contributed by atoms with Crippen molar-refractivity contribution in [1.29, 1.82) is 5.41 Å². The number of carbonyl (C=O) groups is 2. The highest BCUT2D eigenvalue weighted by atomic mass is 19.1. The van der Waals surface area contributed by atoms with Crippen molar-refractivity contribution in [1.82, 2.24) is 15.1 Å². The fourth-order valence-electron chi connectivity index (χ4n) is 4.70. The Morgan fingerprint density at radius 2 is 1.97 bits per heavy atom. The van der Waals surface area contributed by atoms with Gasteiger partial charge < -0.3 is 20.9 Å². The summed E-state index contributed by atoms with van der Waals surface area (Å²) in [4.78, 5) is 29.5. The van der Waals surface area contributed by atoms with Crippen LogP contribution in [0.4, 0.5) is 10.1 Å². The molecule has 3 rings (SSSR count). The first kappa shape index (κ1) is 23.9. The van der Waals surface area contributed by atoms with Crippen molar-refractivity contribution in [3.63, 3.8) is 0 Å². The second kappa shape index (κ2) is 10.7. The highest BCUT2D eigenvalue weighted by Gasteiger charge is 2.33. The molecule has 2 amide bonds. The van der Waals surface area contributed by atoms with Crippen molar-refractivity contribution in [2.75, 3.05) is 32.0 Å². The number of halogens is 1. The fraction of sp³-hybridized carbons (Fsp3) is 0.542. The Hall–Kier alpha value is -2.74. The van der Waals surface area contributed by atoms with E-state index >= 15 is 0 Å². The van der Waals surface area contributed by atoms with Gasteiger partial charge in [-0.25, -0.2) is 4.39 Å². The van der Waals surface area contributed by atoms with E-state index in [4.69, 9.17) is 5.41 Å². The van der Waals surface area contributed by atoms with Crippen molar-refractivity contribution in [2.45, 2.75) is 52.1 Å². The third-order valence-electron chi connectivity index (χ3n) is 6.54. The quantitative estimate of drug-likeness (QED) is 0.446. The van der Waals surface area contributed by atoms with E-state index in [0.717, 1.165) is 56.1 Å². The Labute approximate surface area is 189 Å². The van der Waals surface area contributed by atoms with Crippen LogP contribution in [0.2, 0.25) is 0 Å². The van der Waals surface area contributed by atoms with Crippen molar-refractivity contribution < 1.29 is 14.0 Å². The zero-order valence-electron chi connectivity index (χ0n) is 19.2. The summed E-state index contributed by atoms with van der Waals surface area (Å²) in [5.41, 5.74) is 2.15. The molecule has 1 atom stereocenters. The van der Waals surface area contributed by atoms with Gasteiger partial charge in [-0.3, -0.25) is 14.5 Å². The first-order chi connectivity index (χ1) is 15.3. The van der Waals surface area contributed by atoms with Crippen LogP contribution in [0, 0.1) is 24.1 Å². The molecule has 1 aliphatic carbocycles. The van der Waals surface area contributed by atoms with E-state index < -0.39 is 11.7 Å². The SMILES string of the molecule is CN/C=C(\C=N)C(=O)Nc1cc(F)cc(CN2CCN(C(=O)C3CCCC3)[C@@H](C)C2)c1C. The largest absolute Gasteiger partial charge is 0.393 e. The van der Waals surface area contributed by atoms with E-state index in [9.17, 15) is 14.0 Å². The first-order valence-electron chi connectivity index (χ1n) is 11.3. The monoisotopic (exact) mass is 443 g/mol. The van der Waals surface area contributed by atoms with Crippen LogP contribution in [0.1, 0.15) is 43.7 Å². The summed E-state index contributed by atoms with van der Waals surface area (Å²) in [6.07, 6.45) is 6.68. The number of anilines is 1. The standard InChI is InChI=1S/C24H34FN5O2/c1-16-14-29(8-9-30(16)24(32)18-6-4-5-7-18)15-19-10-21(25)11-22(17(19)2)28-23(31)20(12-26)13-27-3/h10-13,16,18,26-27H,4-9,14-15H2,1-3H3,(H,28,31)/b20-13+,26-12?/t16-/m0/s1. The number of nitrogens with zero attached hydrogens (tertiary/aromatic N) is 2. The van der Waals surface area contributed by atoms with Crippen molar-refractivity contribution >= 4 is 23.7 Å². The van der Waals surface area contributed by atoms with Crippen LogP contribution in [0.5, 0.6) is 0 Å². The molecule has 1 aliphatic heterocycles. The highest BCUT2D eigenvalue weighted by Crippen LogP contribution is 2.29. The van der Waals surface area contributed by atoms with Gasteiger partial charge >= 0.3 is 0 Å². The minimum Gasteiger partial charge on any atom is -0.393 e. The number of amides is 2. The number of hydrogen-bond donors (Lipinski definition) is 3. The Morgan fingerprint density at radius 3 is 2.59 bits per heavy atom. The van der Waals surface area contributed by atoms with Crippen LogP contribution in [0.3, 0.4) is 0 Å². The normalized spacial score (nSPS) is 20.3. The Kier molecular flexibility index (Phi) is 8.01. The van der Waals surface area contributed by atoms with Crippen LogP contribution in [-0.4, -0.2) is 60.6 Å². The summed E-state index contributed by atoms with van der Waals surface area (Å²) in [6, 6.07) is 2.93. The maximum absolute atomic E-state index is 14.4. The third kappa shape index (κ3) is 5.54. The highest BCUT2D eigenvalue weighted by molar-refractivity contribution is 6.17. The lowest BCUT2D eigenvalue weighted by Crippen LogP contribution is -2.54. The smallest absolute Gasteiger partial charge is 0.258 e. The Balaban J connectivity index is 1.67. The molecule has 0 bridgehead atoms. The predicted molar refractivity (Wildman–Crippen MR) is 124 cm³/mol. The average Bonchev–Trinajstić information content (AvgIpc) is 3.30. The molecule has 2 aliphatic rings. The molecule has 0 spiro atoms. The van der Waals surface area contributed by atoms with Gasteiger partial charge in [-0.2, -0.15) is 0 Å². The third-order valence-corrected chi connectivity index (χ3v) is 6.54. The molecule has 3 N–H and O–H groups in total. The minimum absolute atomic E-state index is 0.117. The summed E-state index contributed by atoms with van der Waals surface area (Å²) in [5.74, 6) is -0.415. The van der Waals surface area contributed by atoms with Crippen molar-refractivity contribution in [3.8, 4) is 0 Å². The van der Waals surface area contributed by atoms with E-state index in [1.807, 2.05) is 11.8 Å². The van der Waals surface area contributed by atoms with Gasteiger partial charge in [0.15, 0.2) is 0 Å². The number of benzene rings is 1. The maximum atomic E-state index is 14.4. The van der Waals surface area contributed by atoms with Gasteiger partial charge in [0.05, 0.1) is 5.57 Å². The van der Waals surface area contributed by atoms with Crippen LogP contribution in [-0.2, 0) is 16.1 Å². The van der Waals surface area contributed by atoms with Crippen LogP contribution in [0.15, 0.2) is 23.9 Å². The van der Waals surface area contributed by atoms with Crippen LogP contribution >= 0.6 is 0 Å². The van der Waals surface area contributed by atoms with Gasteiger partial charge in [0, 0.05) is 63.3 Å². The summed E-state index contributed by atoms with van der Waals surface area (Å²) in [7, 11) is 1.64. The average molecular weight is 444 g/mol. The molecule has 0 unspecified atom stereocenters. The molecule has 0 radical (unpaired) electrons. The number of nitrogens with one attached hydrogen (secondary N) is 3. The number of piperazine rings is 1. The number of rotatable bonds is 7. The summed E-state index contributed by atoms with van der Waals surface area (Å²) in [6.45, 7) is 6.65. The lowest BCUT2D eigenvalue weighted by Gasteiger charge is -2.41. The van der Waals surface area contributed by atoms with E-state index in [2.05, 4.69) is 22.5 Å². The zero-order chi connectivity index (χ0) is 23.3. The zero-order valence-corrected chi connectivity index (χ0v) is 19.2. The fourth-order valence-corrected chi connectivity index (χ4v) is 4.70. The number of carbonyl (C=O) groups excluding carboxylic acids is 2. The molecule has 1 aromatic carbocycles. The molecular weight excluding hydrogens is 409 g/mol. The van der Waals surface area contributed by atoms with Crippen molar-refractivity contribution in [3.05, 3.63) is 40.8 Å². The summed E-state index contributed by atoms with van der Waals surface area (Å²) in [5, 5.41) is 12.8. The van der Waals surface area contributed by atoms with Gasteiger partial charge in [0.25, 0.3) is 5.91 Å². The molecular formula is C24H34FN5O2. The summed E-state index contributed by atoms with van der Waals surface area (Å²) >= 11 is 0. The Bertz CT molecular complexity index is 895. The molecule has 1 heterocycles. The predicted octanol–water partition coefficient (Wildman–Crippen LogP) is 3.05. The van der Waals surface area contributed by atoms with Gasteiger partial charge in [-0.1, -0.05) is 12.8 Å². The van der Waals surface area contributed by atoms with Crippen LogP contribution < -0.4 is 10.6 Å². The number of hydrogen-bond acceptors (Lipinski definition) is 5. The lowest BCUT2D eigenvalue weighted by molar-refractivity contribution is -0.140. The van der Waals surface area contributed by atoms with E-state index in [1.165, 1.54) is 18.3 Å². The van der Waals surface area contributed by atoms with Crippen LogP contribution in [0.25, 0.3) is 0 Å². The van der Waals surface area contributed by atoms with E-state index in [-0.39, 0.29) is 17.5 Å². The molecule has 32 heavy (non-hydrogen) atoms. The van der Waals surface area contributed by atoms with Gasteiger partial charge in [-0.05, 0) is 49.9 Å². The molecule has 1 saturated heterocycles. The topological polar surface area (TPSA) is 88.5 Å². The molecule has 1 saturated carbocycles.